The van der Waals surface area contributed by atoms with Crippen molar-refractivity contribution in [2.24, 2.45) is 0 Å². The SMILES string of the molecule is CNC(=O)c1ccnc2c([C@H](C)CNc3cc(-c4ccc(N5CCOCC5)cc4)ncn3)cccc12.S. The first-order valence-corrected chi connectivity index (χ1v) is 12.2. The zero-order valence-electron chi connectivity index (χ0n) is 21.1. The van der Waals surface area contributed by atoms with Crippen molar-refractivity contribution in [1.82, 2.24) is 20.3 Å². The Morgan fingerprint density at radius 2 is 1.84 bits per heavy atom. The molecule has 192 valence electrons. The van der Waals surface area contributed by atoms with Gasteiger partial charge in [-0.25, -0.2) is 9.97 Å². The molecule has 2 N–H and O–H groups in total. The predicted octanol–water partition coefficient (Wildman–Crippen LogP) is 4.22. The number of benzene rings is 2. The van der Waals surface area contributed by atoms with E-state index in [-0.39, 0.29) is 25.3 Å². The van der Waals surface area contributed by atoms with Crippen LogP contribution in [-0.2, 0) is 4.74 Å². The summed E-state index contributed by atoms with van der Waals surface area (Å²) in [5.74, 6) is 0.799. The lowest BCUT2D eigenvalue weighted by Crippen LogP contribution is -2.36. The van der Waals surface area contributed by atoms with Crippen LogP contribution in [0, 0.1) is 0 Å². The molecule has 0 bridgehead atoms. The van der Waals surface area contributed by atoms with Gasteiger partial charge >= 0.3 is 0 Å². The minimum Gasteiger partial charge on any atom is -0.378 e. The van der Waals surface area contributed by atoms with Crippen LogP contribution in [-0.4, -0.2) is 60.8 Å². The molecule has 1 amide bonds. The normalized spacial score (nSPS) is 14.1. The van der Waals surface area contributed by atoms with Crippen molar-refractivity contribution >= 4 is 41.8 Å². The van der Waals surface area contributed by atoms with Crippen LogP contribution in [0.2, 0.25) is 0 Å². The Morgan fingerprint density at radius 3 is 2.59 bits per heavy atom. The summed E-state index contributed by atoms with van der Waals surface area (Å²) in [6.45, 7) is 6.17. The van der Waals surface area contributed by atoms with Crippen LogP contribution < -0.4 is 15.5 Å². The average molecular weight is 517 g/mol. The van der Waals surface area contributed by atoms with E-state index in [1.54, 1.807) is 25.6 Å². The highest BCUT2D eigenvalue weighted by atomic mass is 32.1. The van der Waals surface area contributed by atoms with Gasteiger partial charge < -0.3 is 20.3 Å². The van der Waals surface area contributed by atoms with Crippen LogP contribution in [0.15, 0.2) is 67.1 Å². The lowest BCUT2D eigenvalue weighted by atomic mass is 9.96. The van der Waals surface area contributed by atoms with E-state index < -0.39 is 0 Å². The Hall–Kier alpha value is -3.69. The number of fused-ring (bicyclic) bond motifs is 1. The third-order valence-electron chi connectivity index (χ3n) is 6.60. The van der Waals surface area contributed by atoms with Crippen LogP contribution in [0.3, 0.4) is 0 Å². The van der Waals surface area contributed by atoms with E-state index in [4.69, 9.17) is 4.74 Å². The van der Waals surface area contributed by atoms with Crippen molar-refractivity contribution in [2.45, 2.75) is 12.8 Å². The molecule has 1 saturated heterocycles. The number of pyridine rings is 1. The van der Waals surface area contributed by atoms with Gasteiger partial charge in [0.15, 0.2) is 0 Å². The van der Waals surface area contributed by atoms with Gasteiger partial charge in [-0.15, -0.1) is 0 Å². The number of nitrogens with zero attached hydrogens (tertiary/aromatic N) is 4. The number of hydrogen-bond donors (Lipinski definition) is 2. The molecule has 5 rings (SSSR count). The van der Waals surface area contributed by atoms with E-state index in [1.807, 2.05) is 18.2 Å². The van der Waals surface area contributed by atoms with Gasteiger partial charge in [-0.3, -0.25) is 9.78 Å². The first kappa shape index (κ1) is 26.4. The molecule has 1 aliphatic heterocycles. The molecule has 0 saturated carbocycles. The van der Waals surface area contributed by atoms with E-state index in [1.165, 1.54) is 5.69 Å². The molecule has 0 radical (unpaired) electrons. The maximum atomic E-state index is 12.3. The molecular weight excluding hydrogens is 484 g/mol. The summed E-state index contributed by atoms with van der Waals surface area (Å²) >= 11 is 0. The fourth-order valence-corrected chi connectivity index (χ4v) is 4.57. The second kappa shape index (κ2) is 12.0. The van der Waals surface area contributed by atoms with Crippen LogP contribution in [0.25, 0.3) is 22.2 Å². The zero-order chi connectivity index (χ0) is 24.9. The fourth-order valence-electron chi connectivity index (χ4n) is 4.57. The highest BCUT2D eigenvalue weighted by molar-refractivity contribution is 7.59. The van der Waals surface area contributed by atoms with E-state index in [2.05, 4.69) is 67.7 Å². The molecule has 1 atom stereocenters. The number of nitrogens with one attached hydrogen (secondary N) is 2. The maximum absolute atomic E-state index is 12.3. The molecule has 37 heavy (non-hydrogen) atoms. The third-order valence-corrected chi connectivity index (χ3v) is 6.60. The molecule has 4 aromatic rings. The first-order chi connectivity index (χ1) is 17.6. The van der Waals surface area contributed by atoms with E-state index in [0.717, 1.165) is 59.8 Å². The molecule has 0 aliphatic carbocycles. The Kier molecular flexibility index (Phi) is 8.58. The van der Waals surface area contributed by atoms with Gasteiger partial charge in [0, 0.05) is 61.5 Å². The second-order valence-electron chi connectivity index (χ2n) is 8.90. The van der Waals surface area contributed by atoms with E-state index >= 15 is 0 Å². The molecule has 1 aliphatic rings. The quantitative estimate of drug-likeness (QED) is 0.380. The van der Waals surface area contributed by atoms with Gasteiger partial charge in [0.1, 0.15) is 12.1 Å². The van der Waals surface area contributed by atoms with Crippen molar-refractivity contribution < 1.29 is 9.53 Å². The van der Waals surface area contributed by atoms with E-state index in [9.17, 15) is 4.79 Å². The van der Waals surface area contributed by atoms with Gasteiger partial charge in [0.2, 0.25) is 0 Å². The lowest BCUT2D eigenvalue weighted by molar-refractivity contribution is 0.0964. The molecular formula is C28H32N6O2S. The molecule has 9 heteroatoms. The standard InChI is InChI=1S/C28H30N6O2.H2S/c1-19(22-4-3-5-23-24(28(35)29-2)10-11-30-27(22)23)17-31-26-16-25(32-18-33-26)20-6-8-21(9-7-20)34-12-14-36-15-13-34;/h3-11,16,18-19H,12-15,17H2,1-2H3,(H,29,35)(H,31,32,33);1H2/t19-;/m1./s1. The van der Waals surface area contributed by atoms with Crippen LogP contribution >= 0.6 is 13.5 Å². The lowest BCUT2D eigenvalue weighted by Gasteiger charge is -2.28. The molecule has 2 aromatic heterocycles. The van der Waals surface area contributed by atoms with Gasteiger partial charge in [-0.1, -0.05) is 37.3 Å². The van der Waals surface area contributed by atoms with Crippen LogP contribution in [0.5, 0.6) is 0 Å². The van der Waals surface area contributed by atoms with Crippen molar-refractivity contribution in [2.75, 3.05) is 50.1 Å². The van der Waals surface area contributed by atoms with Crippen molar-refractivity contribution in [3.05, 3.63) is 78.2 Å². The van der Waals surface area contributed by atoms with Crippen LogP contribution in [0.4, 0.5) is 11.5 Å². The number of carbonyl (C=O) groups excluding carboxylic acids is 1. The molecule has 2 aromatic carbocycles. The first-order valence-electron chi connectivity index (χ1n) is 12.2. The monoisotopic (exact) mass is 516 g/mol. The summed E-state index contributed by atoms with van der Waals surface area (Å²) in [7, 11) is 1.64. The largest absolute Gasteiger partial charge is 0.378 e. The van der Waals surface area contributed by atoms with Crippen molar-refractivity contribution in [3.63, 3.8) is 0 Å². The minimum absolute atomic E-state index is 0. The number of rotatable bonds is 7. The molecule has 0 unspecified atom stereocenters. The second-order valence-corrected chi connectivity index (χ2v) is 8.90. The highest BCUT2D eigenvalue weighted by Gasteiger charge is 2.16. The summed E-state index contributed by atoms with van der Waals surface area (Å²) in [6.07, 6.45) is 3.28. The molecule has 8 nitrogen and oxygen atoms in total. The number of anilines is 2. The molecule has 0 spiro atoms. The van der Waals surface area contributed by atoms with Crippen molar-refractivity contribution in [1.29, 1.82) is 0 Å². The van der Waals surface area contributed by atoms with Gasteiger partial charge in [-0.05, 0) is 23.8 Å². The van der Waals surface area contributed by atoms with Gasteiger partial charge in [0.25, 0.3) is 5.91 Å². The maximum Gasteiger partial charge on any atom is 0.251 e. The Labute approximate surface area is 223 Å². The van der Waals surface area contributed by atoms with Crippen LogP contribution in [0.1, 0.15) is 28.8 Å². The minimum atomic E-state index is -0.114. The van der Waals surface area contributed by atoms with E-state index in [0.29, 0.717) is 12.1 Å². The summed E-state index contributed by atoms with van der Waals surface area (Å²) in [4.78, 5) is 28.1. The number of para-hydroxylation sites is 1. The molecule has 3 heterocycles. The average Bonchev–Trinajstić information content (AvgIpc) is 2.95. The summed E-state index contributed by atoms with van der Waals surface area (Å²) in [5, 5.41) is 7.01. The fraction of sp³-hybridized carbons (Fsp3) is 0.286. The summed E-state index contributed by atoms with van der Waals surface area (Å²) in [5.41, 5.74) is 5.67. The zero-order valence-corrected chi connectivity index (χ0v) is 22.1. The number of aromatic nitrogens is 3. The number of morpholine rings is 1. The Bertz CT molecular complexity index is 1360. The number of amides is 1. The smallest absolute Gasteiger partial charge is 0.251 e. The Morgan fingerprint density at radius 1 is 1.05 bits per heavy atom. The predicted molar refractivity (Wildman–Crippen MR) is 153 cm³/mol. The summed E-state index contributed by atoms with van der Waals surface area (Å²) < 4.78 is 5.45. The summed E-state index contributed by atoms with van der Waals surface area (Å²) in [6, 6.07) is 18.2. The van der Waals surface area contributed by atoms with Gasteiger partial charge in [-0.2, -0.15) is 13.5 Å². The topological polar surface area (TPSA) is 92.3 Å². The number of hydrogen-bond acceptors (Lipinski definition) is 7. The highest BCUT2D eigenvalue weighted by Crippen LogP contribution is 2.27. The Balaban J connectivity index is 0.00000320. The van der Waals surface area contributed by atoms with Crippen molar-refractivity contribution in [3.8, 4) is 11.3 Å². The molecule has 1 fully saturated rings. The third kappa shape index (κ3) is 5.84. The van der Waals surface area contributed by atoms with Gasteiger partial charge in [0.05, 0.1) is 30.0 Å². The number of carbonyl (C=O) groups is 1. The number of ether oxygens (including phenoxy) is 1.